The van der Waals surface area contributed by atoms with Crippen LogP contribution in [0.5, 0.6) is 0 Å². The molecule has 0 unspecified atom stereocenters. The number of halogens is 3. The lowest BCUT2D eigenvalue weighted by atomic mass is 9.92. The van der Waals surface area contributed by atoms with Gasteiger partial charge in [0.25, 0.3) is 0 Å². The summed E-state index contributed by atoms with van der Waals surface area (Å²) in [6, 6.07) is 1.82. The van der Waals surface area contributed by atoms with Crippen molar-refractivity contribution in [1.29, 1.82) is 0 Å². The summed E-state index contributed by atoms with van der Waals surface area (Å²) in [6.45, 7) is 1.45. The number of nitrogens with one attached hydrogen (secondary N) is 1. The zero-order valence-electron chi connectivity index (χ0n) is 9.18. The third-order valence-corrected chi connectivity index (χ3v) is 4.22. The number of rotatable bonds is 3. The number of hydrogen-bond donors (Lipinski definition) is 1. The molecule has 1 aliphatic rings. The van der Waals surface area contributed by atoms with E-state index < -0.39 is 0 Å². The van der Waals surface area contributed by atoms with Gasteiger partial charge in [0.05, 0.1) is 15.0 Å². The van der Waals surface area contributed by atoms with Crippen molar-refractivity contribution in [3.05, 3.63) is 21.8 Å². The summed E-state index contributed by atoms with van der Waals surface area (Å²) < 4.78 is 6.21. The van der Waals surface area contributed by atoms with Crippen LogP contribution in [-0.4, -0.2) is 29.6 Å². The Morgan fingerprint density at radius 3 is 2.76 bits per heavy atom. The van der Waals surface area contributed by atoms with Gasteiger partial charge in [-0.05, 0) is 34.8 Å². The van der Waals surface area contributed by atoms with E-state index in [1.807, 2.05) is 6.07 Å². The van der Waals surface area contributed by atoms with Crippen LogP contribution in [0.1, 0.15) is 12.8 Å². The van der Waals surface area contributed by atoms with E-state index in [0.717, 1.165) is 36.3 Å². The Morgan fingerprint density at radius 2 is 2.18 bits per heavy atom. The van der Waals surface area contributed by atoms with Crippen LogP contribution in [0, 0.1) is 0 Å². The van der Waals surface area contributed by atoms with Gasteiger partial charge in [-0.1, -0.05) is 11.6 Å². The van der Waals surface area contributed by atoms with Crippen LogP contribution in [0.25, 0.3) is 0 Å². The molecule has 1 saturated heterocycles. The second-order valence-electron chi connectivity index (χ2n) is 4.14. The zero-order chi connectivity index (χ0) is 12.3. The molecule has 0 saturated carbocycles. The van der Waals surface area contributed by atoms with E-state index in [1.165, 1.54) is 0 Å². The maximum Gasteiger partial charge on any atom is 0.140 e. The van der Waals surface area contributed by atoms with Crippen molar-refractivity contribution in [2.75, 3.05) is 24.4 Å². The van der Waals surface area contributed by atoms with E-state index in [1.54, 1.807) is 6.20 Å². The minimum atomic E-state index is -0.136. The molecule has 2 rings (SSSR count). The Morgan fingerprint density at radius 1 is 1.47 bits per heavy atom. The van der Waals surface area contributed by atoms with Crippen molar-refractivity contribution >= 4 is 44.9 Å². The Balaban J connectivity index is 2.17. The summed E-state index contributed by atoms with van der Waals surface area (Å²) in [6.07, 6.45) is 3.39. The van der Waals surface area contributed by atoms with Crippen molar-refractivity contribution in [2.45, 2.75) is 18.4 Å². The van der Waals surface area contributed by atoms with Crippen LogP contribution < -0.4 is 5.32 Å². The van der Waals surface area contributed by atoms with Crippen LogP contribution in [0.2, 0.25) is 5.02 Å². The maximum absolute atomic E-state index is 6.08. The number of nitrogens with zero attached hydrogens (tertiary/aromatic N) is 1. The summed E-state index contributed by atoms with van der Waals surface area (Å²) in [7, 11) is 0. The minimum Gasteiger partial charge on any atom is -0.381 e. The molecule has 0 aromatic carbocycles. The lowest BCUT2D eigenvalue weighted by Gasteiger charge is -2.37. The first-order valence-corrected chi connectivity index (χ1v) is 7.09. The van der Waals surface area contributed by atoms with E-state index in [-0.39, 0.29) is 5.54 Å². The predicted molar refractivity (Wildman–Crippen MR) is 74.1 cm³/mol. The summed E-state index contributed by atoms with van der Waals surface area (Å²) >= 11 is 15.4. The molecule has 0 aliphatic carbocycles. The Bertz CT molecular complexity index is 397. The third-order valence-electron chi connectivity index (χ3n) is 2.90. The largest absolute Gasteiger partial charge is 0.381 e. The van der Waals surface area contributed by atoms with Gasteiger partial charge in [0.15, 0.2) is 0 Å². The molecular weight excluding hydrogens is 327 g/mol. The Labute approximate surface area is 119 Å². The highest BCUT2D eigenvalue weighted by atomic mass is 79.9. The first-order valence-electron chi connectivity index (χ1n) is 5.38. The van der Waals surface area contributed by atoms with Crippen LogP contribution in [0.3, 0.4) is 0 Å². The quantitative estimate of drug-likeness (QED) is 0.852. The second-order valence-corrected chi connectivity index (χ2v) is 5.69. The van der Waals surface area contributed by atoms with Gasteiger partial charge in [-0.25, -0.2) is 4.98 Å². The van der Waals surface area contributed by atoms with Crippen molar-refractivity contribution in [2.24, 2.45) is 0 Å². The van der Waals surface area contributed by atoms with Crippen LogP contribution in [-0.2, 0) is 4.74 Å². The van der Waals surface area contributed by atoms with Crippen molar-refractivity contribution in [1.82, 2.24) is 4.98 Å². The number of pyridine rings is 1. The summed E-state index contributed by atoms with van der Waals surface area (Å²) in [5.74, 6) is 1.31. The van der Waals surface area contributed by atoms with Crippen molar-refractivity contribution < 1.29 is 4.74 Å². The molecular formula is C11H13BrCl2N2O. The molecule has 6 heteroatoms. The van der Waals surface area contributed by atoms with Crippen LogP contribution in [0.4, 0.5) is 5.82 Å². The maximum atomic E-state index is 6.08. The van der Waals surface area contributed by atoms with Crippen molar-refractivity contribution in [3.8, 4) is 0 Å². The average Bonchev–Trinajstić information content (AvgIpc) is 2.34. The van der Waals surface area contributed by atoms with E-state index >= 15 is 0 Å². The lowest BCUT2D eigenvalue weighted by Crippen LogP contribution is -2.45. The lowest BCUT2D eigenvalue weighted by molar-refractivity contribution is 0.0666. The predicted octanol–water partition coefficient (Wildman–Crippen LogP) is 3.70. The highest BCUT2D eigenvalue weighted by Gasteiger charge is 2.32. The van der Waals surface area contributed by atoms with E-state index in [0.29, 0.717) is 10.9 Å². The topological polar surface area (TPSA) is 34.2 Å². The molecule has 0 bridgehead atoms. The standard InChI is InChI=1S/C11H13BrCl2N2O/c12-9-5-8(14)6-15-10(9)16-11(7-13)1-3-17-4-2-11/h5-6H,1-4,7H2,(H,15,16). The highest BCUT2D eigenvalue weighted by molar-refractivity contribution is 9.10. The molecule has 0 atom stereocenters. The molecule has 1 aromatic rings. The molecule has 1 fully saturated rings. The van der Waals surface area contributed by atoms with Gasteiger partial charge in [0.2, 0.25) is 0 Å². The van der Waals surface area contributed by atoms with Gasteiger partial charge in [-0.3, -0.25) is 0 Å². The Hall–Kier alpha value is -0.0300. The summed E-state index contributed by atoms with van der Waals surface area (Å²) in [4.78, 5) is 4.28. The second kappa shape index (κ2) is 5.74. The van der Waals surface area contributed by atoms with Gasteiger partial charge >= 0.3 is 0 Å². The van der Waals surface area contributed by atoms with E-state index in [4.69, 9.17) is 27.9 Å². The first kappa shape index (κ1) is 13.4. The molecule has 94 valence electrons. The van der Waals surface area contributed by atoms with Gasteiger partial charge in [0.1, 0.15) is 5.82 Å². The Kier molecular flexibility index (Phi) is 4.53. The highest BCUT2D eigenvalue weighted by Crippen LogP contribution is 2.31. The van der Waals surface area contributed by atoms with Gasteiger partial charge < -0.3 is 10.1 Å². The third kappa shape index (κ3) is 3.25. The molecule has 0 amide bonds. The number of anilines is 1. The SMILES string of the molecule is ClCC1(Nc2ncc(Cl)cc2Br)CCOCC1. The number of hydrogen-bond acceptors (Lipinski definition) is 3. The van der Waals surface area contributed by atoms with Gasteiger partial charge in [0, 0.05) is 25.3 Å². The molecule has 2 heterocycles. The number of aromatic nitrogens is 1. The molecule has 1 aliphatic heterocycles. The number of alkyl halides is 1. The molecule has 3 nitrogen and oxygen atoms in total. The molecule has 17 heavy (non-hydrogen) atoms. The fraction of sp³-hybridized carbons (Fsp3) is 0.545. The van der Waals surface area contributed by atoms with Crippen LogP contribution >= 0.6 is 39.1 Å². The average molecular weight is 340 g/mol. The fourth-order valence-electron chi connectivity index (χ4n) is 1.81. The van der Waals surface area contributed by atoms with Crippen molar-refractivity contribution in [3.63, 3.8) is 0 Å². The van der Waals surface area contributed by atoms with Gasteiger partial charge in [-0.2, -0.15) is 0 Å². The van der Waals surface area contributed by atoms with Crippen LogP contribution in [0.15, 0.2) is 16.7 Å². The molecule has 1 N–H and O–H groups in total. The summed E-state index contributed by atoms with van der Waals surface area (Å²) in [5, 5.41) is 4.02. The molecule has 1 aromatic heterocycles. The summed E-state index contributed by atoms with van der Waals surface area (Å²) in [5.41, 5.74) is -0.136. The first-order chi connectivity index (χ1) is 8.15. The molecule has 0 radical (unpaired) electrons. The fourth-order valence-corrected chi connectivity index (χ4v) is 2.88. The monoisotopic (exact) mass is 338 g/mol. The zero-order valence-corrected chi connectivity index (χ0v) is 12.3. The van der Waals surface area contributed by atoms with E-state index in [9.17, 15) is 0 Å². The smallest absolute Gasteiger partial charge is 0.140 e. The molecule has 0 spiro atoms. The normalized spacial score (nSPS) is 19.0. The van der Waals surface area contributed by atoms with E-state index in [2.05, 4.69) is 26.2 Å². The minimum absolute atomic E-state index is 0.136. The number of ether oxygens (including phenoxy) is 1. The van der Waals surface area contributed by atoms with Gasteiger partial charge in [-0.15, -0.1) is 11.6 Å².